The monoisotopic (exact) mass is 330 g/mol. The van der Waals surface area contributed by atoms with Crippen molar-refractivity contribution in [2.75, 3.05) is 26.8 Å². The van der Waals surface area contributed by atoms with Crippen molar-refractivity contribution < 1.29 is 14.3 Å². The molecule has 1 amide bonds. The van der Waals surface area contributed by atoms with Gasteiger partial charge < -0.3 is 18.9 Å². The van der Waals surface area contributed by atoms with Crippen LogP contribution in [0.2, 0.25) is 0 Å². The number of aromatic nitrogens is 3. The van der Waals surface area contributed by atoms with Crippen molar-refractivity contribution >= 4 is 5.91 Å². The van der Waals surface area contributed by atoms with Crippen LogP contribution < -0.4 is 4.74 Å². The minimum absolute atomic E-state index is 0.000628. The SMILES string of the molecule is COc1c(C)cc(C(=O)N2CCO[C@H](c3nncn3C)C2)cc1C. The number of ether oxygens (including phenoxy) is 2. The molecular weight excluding hydrogens is 308 g/mol. The summed E-state index contributed by atoms with van der Waals surface area (Å²) in [6.45, 7) is 5.42. The highest BCUT2D eigenvalue weighted by Crippen LogP contribution is 2.26. The molecule has 0 N–H and O–H groups in total. The Balaban J connectivity index is 1.81. The average molecular weight is 330 g/mol. The number of carbonyl (C=O) groups is 1. The zero-order valence-electron chi connectivity index (χ0n) is 14.4. The molecule has 7 nitrogen and oxygen atoms in total. The predicted octanol–water partition coefficient (Wildman–Crippen LogP) is 1.65. The Morgan fingerprint density at radius 2 is 2.04 bits per heavy atom. The van der Waals surface area contributed by atoms with Crippen LogP contribution in [0.5, 0.6) is 5.75 Å². The summed E-state index contributed by atoms with van der Waals surface area (Å²) >= 11 is 0. The number of methoxy groups -OCH3 is 1. The van der Waals surface area contributed by atoms with E-state index < -0.39 is 0 Å². The first-order valence-corrected chi connectivity index (χ1v) is 7.91. The van der Waals surface area contributed by atoms with Gasteiger partial charge in [0.15, 0.2) is 5.82 Å². The van der Waals surface area contributed by atoms with Crippen molar-refractivity contribution in [2.45, 2.75) is 20.0 Å². The maximum atomic E-state index is 12.9. The van der Waals surface area contributed by atoms with E-state index >= 15 is 0 Å². The average Bonchev–Trinajstić information content (AvgIpc) is 3.00. The summed E-state index contributed by atoms with van der Waals surface area (Å²) in [5.74, 6) is 1.56. The summed E-state index contributed by atoms with van der Waals surface area (Å²) in [6, 6.07) is 3.75. The number of benzene rings is 1. The van der Waals surface area contributed by atoms with Gasteiger partial charge in [-0.2, -0.15) is 0 Å². The van der Waals surface area contributed by atoms with Crippen molar-refractivity contribution in [1.82, 2.24) is 19.7 Å². The van der Waals surface area contributed by atoms with E-state index in [1.165, 1.54) is 0 Å². The highest BCUT2D eigenvalue weighted by atomic mass is 16.5. The van der Waals surface area contributed by atoms with Gasteiger partial charge in [0, 0.05) is 19.2 Å². The molecule has 2 aromatic rings. The molecular formula is C17H22N4O3. The molecule has 1 saturated heterocycles. The normalized spacial score (nSPS) is 17.8. The summed E-state index contributed by atoms with van der Waals surface area (Å²) in [7, 11) is 3.51. The smallest absolute Gasteiger partial charge is 0.254 e. The van der Waals surface area contributed by atoms with Crippen molar-refractivity contribution in [2.24, 2.45) is 7.05 Å². The van der Waals surface area contributed by atoms with Gasteiger partial charge in [-0.05, 0) is 37.1 Å². The number of hydrogen-bond donors (Lipinski definition) is 0. The standard InChI is InChI=1S/C17H22N4O3/c1-11-7-13(8-12(2)15(11)23-4)17(22)21-5-6-24-14(9-21)16-19-18-10-20(16)3/h7-8,10,14H,5-6,9H2,1-4H3/t14-/m0/s1. The lowest BCUT2D eigenvalue weighted by Crippen LogP contribution is -2.42. The van der Waals surface area contributed by atoms with Crippen molar-refractivity contribution in [3.05, 3.63) is 41.0 Å². The molecule has 0 radical (unpaired) electrons. The quantitative estimate of drug-likeness (QED) is 0.856. The van der Waals surface area contributed by atoms with Crippen LogP contribution in [0.4, 0.5) is 0 Å². The molecule has 7 heteroatoms. The lowest BCUT2D eigenvalue weighted by molar-refractivity contribution is -0.0281. The van der Waals surface area contributed by atoms with Crippen LogP contribution in [0.25, 0.3) is 0 Å². The molecule has 0 aliphatic carbocycles. The maximum Gasteiger partial charge on any atom is 0.254 e. The van der Waals surface area contributed by atoms with Crippen LogP contribution in [0.15, 0.2) is 18.5 Å². The second kappa shape index (κ2) is 6.60. The van der Waals surface area contributed by atoms with E-state index in [-0.39, 0.29) is 12.0 Å². The molecule has 0 unspecified atom stereocenters. The summed E-state index contributed by atoms with van der Waals surface area (Å²) in [5.41, 5.74) is 2.59. The predicted molar refractivity (Wildman–Crippen MR) is 88.1 cm³/mol. The molecule has 1 atom stereocenters. The van der Waals surface area contributed by atoms with Gasteiger partial charge in [-0.3, -0.25) is 4.79 Å². The molecule has 1 aliphatic heterocycles. The van der Waals surface area contributed by atoms with Crippen LogP contribution in [0.3, 0.4) is 0 Å². The van der Waals surface area contributed by atoms with Gasteiger partial charge in [0.1, 0.15) is 18.2 Å². The molecule has 128 valence electrons. The molecule has 3 rings (SSSR count). The minimum Gasteiger partial charge on any atom is -0.496 e. The van der Waals surface area contributed by atoms with Crippen LogP contribution in [-0.2, 0) is 11.8 Å². The molecule has 1 fully saturated rings. The number of morpholine rings is 1. The Morgan fingerprint density at radius 3 is 2.62 bits per heavy atom. The van der Waals surface area contributed by atoms with E-state index in [1.54, 1.807) is 13.4 Å². The van der Waals surface area contributed by atoms with Crippen LogP contribution in [-0.4, -0.2) is 52.4 Å². The number of amides is 1. The summed E-state index contributed by atoms with van der Waals surface area (Å²) < 4.78 is 13.0. The van der Waals surface area contributed by atoms with Gasteiger partial charge in [-0.15, -0.1) is 10.2 Å². The zero-order valence-corrected chi connectivity index (χ0v) is 14.4. The van der Waals surface area contributed by atoms with Gasteiger partial charge in [0.25, 0.3) is 5.91 Å². The Kier molecular flexibility index (Phi) is 4.53. The molecule has 24 heavy (non-hydrogen) atoms. The fraction of sp³-hybridized carbons (Fsp3) is 0.471. The van der Waals surface area contributed by atoms with E-state index in [2.05, 4.69) is 10.2 Å². The number of hydrogen-bond acceptors (Lipinski definition) is 5. The largest absolute Gasteiger partial charge is 0.496 e. The first-order chi connectivity index (χ1) is 11.5. The number of nitrogens with zero attached hydrogens (tertiary/aromatic N) is 4. The summed E-state index contributed by atoms with van der Waals surface area (Å²) in [5, 5.41) is 7.97. The van der Waals surface area contributed by atoms with Crippen LogP contribution >= 0.6 is 0 Å². The van der Waals surface area contributed by atoms with Gasteiger partial charge in [-0.1, -0.05) is 0 Å². The number of rotatable bonds is 3. The van der Waals surface area contributed by atoms with Crippen molar-refractivity contribution in [3.63, 3.8) is 0 Å². The molecule has 0 saturated carbocycles. The Bertz CT molecular complexity index is 733. The maximum absolute atomic E-state index is 12.9. The van der Waals surface area contributed by atoms with Crippen molar-refractivity contribution in [1.29, 1.82) is 0 Å². The molecule has 0 bridgehead atoms. The second-order valence-electron chi connectivity index (χ2n) is 6.05. The third kappa shape index (κ3) is 2.99. The lowest BCUT2D eigenvalue weighted by atomic mass is 10.0. The van der Waals surface area contributed by atoms with Crippen LogP contribution in [0, 0.1) is 13.8 Å². The topological polar surface area (TPSA) is 69.5 Å². The zero-order chi connectivity index (χ0) is 17.3. The van der Waals surface area contributed by atoms with Crippen LogP contribution in [0.1, 0.15) is 33.4 Å². The molecule has 0 spiro atoms. The Hall–Kier alpha value is -2.41. The first-order valence-electron chi connectivity index (χ1n) is 7.91. The van der Waals surface area contributed by atoms with Gasteiger partial charge in [0.2, 0.25) is 0 Å². The van der Waals surface area contributed by atoms with Gasteiger partial charge in [0.05, 0.1) is 20.3 Å². The fourth-order valence-corrected chi connectivity index (χ4v) is 3.15. The molecule has 1 aromatic carbocycles. The lowest BCUT2D eigenvalue weighted by Gasteiger charge is -2.32. The van der Waals surface area contributed by atoms with E-state index in [9.17, 15) is 4.79 Å². The van der Waals surface area contributed by atoms with E-state index in [1.807, 2.05) is 42.5 Å². The van der Waals surface area contributed by atoms with Crippen molar-refractivity contribution in [3.8, 4) is 5.75 Å². The third-order valence-corrected chi connectivity index (χ3v) is 4.30. The van der Waals surface area contributed by atoms with E-state index in [0.717, 1.165) is 22.7 Å². The highest BCUT2D eigenvalue weighted by molar-refractivity contribution is 5.95. The minimum atomic E-state index is -0.254. The Labute approximate surface area is 141 Å². The van der Waals surface area contributed by atoms with Gasteiger partial charge in [-0.25, -0.2) is 0 Å². The molecule has 1 aliphatic rings. The van der Waals surface area contributed by atoms with E-state index in [4.69, 9.17) is 9.47 Å². The number of aryl methyl sites for hydroxylation is 3. The fourth-order valence-electron chi connectivity index (χ4n) is 3.15. The Morgan fingerprint density at radius 1 is 1.33 bits per heavy atom. The van der Waals surface area contributed by atoms with E-state index in [0.29, 0.717) is 25.3 Å². The molecule has 1 aromatic heterocycles. The number of carbonyl (C=O) groups excluding carboxylic acids is 1. The van der Waals surface area contributed by atoms with Gasteiger partial charge >= 0.3 is 0 Å². The first kappa shape index (κ1) is 16.4. The third-order valence-electron chi connectivity index (χ3n) is 4.30. The summed E-state index contributed by atoms with van der Waals surface area (Å²) in [6.07, 6.45) is 1.38. The second-order valence-corrected chi connectivity index (χ2v) is 6.05. The highest BCUT2D eigenvalue weighted by Gasteiger charge is 2.29. The summed E-state index contributed by atoms with van der Waals surface area (Å²) in [4.78, 5) is 14.7. The molecule has 2 heterocycles.